The maximum Gasteiger partial charge on any atom is 0.419 e. The second-order valence-corrected chi connectivity index (χ2v) is 3.03. The quantitative estimate of drug-likeness (QED) is 0.751. The van der Waals surface area contributed by atoms with E-state index in [1.807, 2.05) is 0 Å². The molecule has 6 heteroatoms. The number of benzene rings is 1. The van der Waals surface area contributed by atoms with E-state index in [9.17, 15) is 17.6 Å². The molecule has 1 rings (SSSR count). The summed E-state index contributed by atoms with van der Waals surface area (Å²) in [5.41, 5.74) is 4.12. The Kier molecular flexibility index (Phi) is 3.31. The van der Waals surface area contributed by atoms with E-state index in [4.69, 9.17) is 10.8 Å². The van der Waals surface area contributed by atoms with Crippen molar-refractivity contribution in [2.75, 3.05) is 6.61 Å². The molecule has 0 fully saturated rings. The number of aliphatic hydroxyl groups excluding tert-OH is 1. The Hall–Kier alpha value is -1.14. The van der Waals surface area contributed by atoms with Crippen molar-refractivity contribution in [2.24, 2.45) is 5.73 Å². The molecule has 1 atom stereocenters. The van der Waals surface area contributed by atoms with Crippen LogP contribution in [0.5, 0.6) is 0 Å². The number of rotatable bonds is 2. The van der Waals surface area contributed by atoms with Crippen LogP contribution in [0.15, 0.2) is 18.2 Å². The highest BCUT2D eigenvalue weighted by Gasteiger charge is 2.34. The van der Waals surface area contributed by atoms with Gasteiger partial charge in [0.15, 0.2) is 0 Å². The highest BCUT2D eigenvalue weighted by Crippen LogP contribution is 2.32. The van der Waals surface area contributed by atoms with Crippen LogP contribution >= 0.6 is 0 Å². The number of hydrogen-bond acceptors (Lipinski definition) is 2. The zero-order valence-corrected chi connectivity index (χ0v) is 7.55. The van der Waals surface area contributed by atoms with E-state index >= 15 is 0 Å². The number of aliphatic hydroxyl groups is 1. The van der Waals surface area contributed by atoms with Crippen molar-refractivity contribution >= 4 is 0 Å². The monoisotopic (exact) mass is 223 g/mol. The Balaban J connectivity index is 3.09. The summed E-state index contributed by atoms with van der Waals surface area (Å²) in [4.78, 5) is 0. The first kappa shape index (κ1) is 11.9. The van der Waals surface area contributed by atoms with Gasteiger partial charge in [-0.05, 0) is 17.7 Å². The first-order valence-corrected chi connectivity index (χ1v) is 4.09. The van der Waals surface area contributed by atoms with E-state index in [1.165, 1.54) is 0 Å². The lowest BCUT2D eigenvalue weighted by Gasteiger charge is -2.12. The molecule has 3 N–H and O–H groups in total. The molecule has 0 aromatic heterocycles. The van der Waals surface area contributed by atoms with Crippen molar-refractivity contribution in [3.63, 3.8) is 0 Å². The maximum atomic E-state index is 13.0. The summed E-state index contributed by atoms with van der Waals surface area (Å²) in [6.07, 6.45) is -4.72. The van der Waals surface area contributed by atoms with E-state index < -0.39 is 30.2 Å². The van der Waals surface area contributed by atoms with Gasteiger partial charge in [0.2, 0.25) is 0 Å². The summed E-state index contributed by atoms with van der Waals surface area (Å²) in [6.45, 7) is -0.454. The molecule has 0 saturated carbocycles. The summed E-state index contributed by atoms with van der Waals surface area (Å²) < 4.78 is 49.4. The summed E-state index contributed by atoms with van der Waals surface area (Å²) in [7, 11) is 0. The maximum absolute atomic E-state index is 13.0. The van der Waals surface area contributed by atoms with Gasteiger partial charge in [-0.2, -0.15) is 13.2 Å². The van der Waals surface area contributed by atoms with Gasteiger partial charge in [-0.3, -0.25) is 0 Å². The molecule has 15 heavy (non-hydrogen) atoms. The van der Waals surface area contributed by atoms with E-state index in [0.717, 1.165) is 6.07 Å². The predicted octanol–water partition coefficient (Wildman–Crippen LogP) is 1.84. The molecule has 0 aliphatic heterocycles. The molecule has 0 heterocycles. The molecular formula is C9H9F4NO. The second-order valence-electron chi connectivity index (χ2n) is 3.03. The first-order valence-electron chi connectivity index (χ1n) is 4.09. The number of alkyl halides is 3. The van der Waals surface area contributed by atoms with Gasteiger partial charge in [0, 0.05) is 0 Å². The molecule has 0 aliphatic rings. The van der Waals surface area contributed by atoms with Gasteiger partial charge in [0.05, 0.1) is 18.2 Å². The third-order valence-electron chi connectivity index (χ3n) is 1.92. The van der Waals surface area contributed by atoms with Crippen LogP contribution in [0.2, 0.25) is 0 Å². The summed E-state index contributed by atoms with van der Waals surface area (Å²) >= 11 is 0. The smallest absolute Gasteiger partial charge is 0.394 e. The van der Waals surface area contributed by atoms with Gasteiger partial charge >= 0.3 is 6.18 Å². The minimum absolute atomic E-state index is 0.128. The molecule has 2 nitrogen and oxygen atoms in total. The van der Waals surface area contributed by atoms with Crippen molar-refractivity contribution in [3.8, 4) is 0 Å². The Morgan fingerprint density at radius 3 is 2.33 bits per heavy atom. The van der Waals surface area contributed by atoms with Gasteiger partial charge in [-0.15, -0.1) is 0 Å². The second kappa shape index (κ2) is 4.16. The standard InChI is InChI=1S/C9H9F4NO/c10-7-3-5(8(14)4-15)1-2-6(7)9(11,12)13/h1-3,8,15H,4,14H2/t8-/m1/s1. The number of hydrogen-bond donors (Lipinski definition) is 2. The highest BCUT2D eigenvalue weighted by molar-refractivity contribution is 5.28. The van der Waals surface area contributed by atoms with Gasteiger partial charge in [0.25, 0.3) is 0 Å². The molecule has 0 spiro atoms. The third-order valence-corrected chi connectivity index (χ3v) is 1.92. The zero-order valence-electron chi connectivity index (χ0n) is 7.55. The molecule has 0 saturated heterocycles. The summed E-state index contributed by atoms with van der Waals surface area (Å²) in [5.74, 6) is -1.39. The number of halogens is 4. The normalized spacial score (nSPS) is 14.0. The van der Waals surface area contributed by atoms with Crippen molar-refractivity contribution in [3.05, 3.63) is 35.1 Å². The topological polar surface area (TPSA) is 46.2 Å². The van der Waals surface area contributed by atoms with Gasteiger partial charge in [-0.1, -0.05) is 6.07 Å². The van der Waals surface area contributed by atoms with Crippen LogP contribution in [-0.2, 0) is 6.18 Å². The van der Waals surface area contributed by atoms with E-state index in [2.05, 4.69) is 0 Å². The fourth-order valence-electron chi connectivity index (χ4n) is 1.10. The fourth-order valence-corrected chi connectivity index (χ4v) is 1.10. The largest absolute Gasteiger partial charge is 0.419 e. The van der Waals surface area contributed by atoms with Crippen LogP contribution in [-0.4, -0.2) is 11.7 Å². The van der Waals surface area contributed by atoms with Gasteiger partial charge in [-0.25, -0.2) is 4.39 Å². The molecule has 1 aromatic carbocycles. The minimum Gasteiger partial charge on any atom is -0.394 e. The van der Waals surface area contributed by atoms with Crippen LogP contribution in [0.4, 0.5) is 17.6 Å². The van der Waals surface area contributed by atoms with Crippen molar-refractivity contribution < 1.29 is 22.7 Å². The molecule has 0 unspecified atom stereocenters. The third kappa shape index (κ3) is 2.66. The van der Waals surface area contributed by atoms with Gasteiger partial charge in [0.1, 0.15) is 5.82 Å². The first-order chi connectivity index (χ1) is 6.86. The Bertz CT molecular complexity index is 350. The lowest BCUT2D eigenvalue weighted by molar-refractivity contribution is -0.140. The summed E-state index contributed by atoms with van der Waals surface area (Å²) in [5, 5.41) is 8.64. The summed E-state index contributed by atoms with van der Waals surface area (Å²) in [6, 6.07) is 1.47. The molecular weight excluding hydrogens is 214 g/mol. The lowest BCUT2D eigenvalue weighted by atomic mass is 10.1. The zero-order chi connectivity index (χ0) is 11.6. The molecule has 1 aromatic rings. The van der Waals surface area contributed by atoms with Crippen molar-refractivity contribution in [2.45, 2.75) is 12.2 Å². The van der Waals surface area contributed by atoms with Crippen LogP contribution in [0.3, 0.4) is 0 Å². The van der Waals surface area contributed by atoms with Crippen LogP contribution < -0.4 is 5.73 Å². The van der Waals surface area contributed by atoms with E-state index in [0.29, 0.717) is 12.1 Å². The van der Waals surface area contributed by atoms with Crippen LogP contribution in [0, 0.1) is 5.82 Å². The Labute approximate surface area is 83.3 Å². The number of nitrogens with two attached hydrogens (primary N) is 1. The van der Waals surface area contributed by atoms with Gasteiger partial charge < -0.3 is 10.8 Å². The molecule has 84 valence electrons. The highest BCUT2D eigenvalue weighted by atomic mass is 19.4. The molecule has 0 radical (unpaired) electrons. The predicted molar refractivity (Wildman–Crippen MR) is 45.4 cm³/mol. The van der Waals surface area contributed by atoms with Crippen LogP contribution in [0.25, 0.3) is 0 Å². The minimum atomic E-state index is -4.72. The molecule has 0 aliphatic carbocycles. The van der Waals surface area contributed by atoms with E-state index in [1.54, 1.807) is 0 Å². The van der Waals surface area contributed by atoms with E-state index in [-0.39, 0.29) is 5.56 Å². The SMILES string of the molecule is N[C@H](CO)c1ccc(C(F)(F)F)c(F)c1. The average molecular weight is 223 g/mol. The Morgan fingerprint density at radius 1 is 1.33 bits per heavy atom. The lowest BCUT2D eigenvalue weighted by Crippen LogP contribution is -2.16. The van der Waals surface area contributed by atoms with Crippen LogP contribution in [0.1, 0.15) is 17.2 Å². The fraction of sp³-hybridized carbons (Fsp3) is 0.333. The van der Waals surface area contributed by atoms with Crippen molar-refractivity contribution in [1.82, 2.24) is 0 Å². The molecule has 0 amide bonds. The molecule has 0 bridgehead atoms. The van der Waals surface area contributed by atoms with Crippen molar-refractivity contribution in [1.29, 1.82) is 0 Å². The average Bonchev–Trinajstić information content (AvgIpc) is 2.14. The Morgan fingerprint density at radius 2 is 1.93 bits per heavy atom.